The Labute approximate surface area is 125 Å². The minimum Gasteiger partial charge on any atom is -0.462 e. The molecule has 0 aliphatic carbocycles. The molecule has 20 heavy (non-hydrogen) atoms. The summed E-state index contributed by atoms with van der Waals surface area (Å²) in [7, 11) is 0. The number of allylic oxidation sites excluding steroid dienone is 8. The molecule has 0 aromatic heterocycles. The van der Waals surface area contributed by atoms with Crippen LogP contribution >= 0.6 is 0 Å². The van der Waals surface area contributed by atoms with Crippen LogP contribution in [0.3, 0.4) is 0 Å². The van der Waals surface area contributed by atoms with Crippen LogP contribution in [0.15, 0.2) is 60.1 Å². The maximum atomic E-state index is 5.81. The van der Waals surface area contributed by atoms with E-state index in [1.807, 2.05) is 38.2 Å². The van der Waals surface area contributed by atoms with E-state index in [0.717, 1.165) is 36.4 Å². The Bertz CT molecular complexity index is 392. The van der Waals surface area contributed by atoms with Crippen LogP contribution in [0.25, 0.3) is 0 Å². The Morgan fingerprint density at radius 1 is 1.25 bits per heavy atom. The first kappa shape index (κ1) is 18.5. The highest BCUT2D eigenvalue weighted by Gasteiger charge is 1.96. The minimum atomic E-state index is 0.645. The van der Waals surface area contributed by atoms with Crippen LogP contribution in [0.5, 0.6) is 0 Å². The monoisotopic (exact) mass is 274 g/mol. The van der Waals surface area contributed by atoms with Gasteiger partial charge in [-0.3, -0.25) is 0 Å². The highest BCUT2D eigenvalue weighted by Crippen LogP contribution is 2.12. The van der Waals surface area contributed by atoms with Crippen molar-refractivity contribution < 1.29 is 4.74 Å². The van der Waals surface area contributed by atoms with Crippen LogP contribution in [0.4, 0.5) is 0 Å². The largest absolute Gasteiger partial charge is 0.462 e. The highest BCUT2D eigenvalue weighted by atomic mass is 16.5. The first-order chi connectivity index (χ1) is 9.49. The SMILES string of the molecule is C=C(/C=C\C=C(/C)OC(/C=C\C)=C/CCC)CC(C)C. The van der Waals surface area contributed by atoms with Gasteiger partial charge in [0.15, 0.2) is 0 Å². The molecule has 0 atom stereocenters. The van der Waals surface area contributed by atoms with Gasteiger partial charge in [-0.05, 0) is 50.8 Å². The molecule has 0 aromatic rings. The van der Waals surface area contributed by atoms with Gasteiger partial charge in [0.1, 0.15) is 11.5 Å². The molecule has 0 aliphatic heterocycles. The summed E-state index contributed by atoms with van der Waals surface area (Å²) in [4.78, 5) is 0. The molecule has 0 fully saturated rings. The maximum Gasteiger partial charge on any atom is 0.122 e. The van der Waals surface area contributed by atoms with E-state index in [9.17, 15) is 0 Å². The second-order valence-electron chi connectivity index (χ2n) is 5.39. The van der Waals surface area contributed by atoms with E-state index in [1.165, 1.54) is 0 Å². The maximum absolute atomic E-state index is 5.81. The second-order valence-corrected chi connectivity index (χ2v) is 5.39. The van der Waals surface area contributed by atoms with Gasteiger partial charge >= 0.3 is 0 Å². The lowest BCUT2D eigenvalue weighted by molar-refractivity contribution is 0.320. The molecule has 1 nitrogen and oxygen atoms in total. The van der Waals surface area contributed by atoms with Crippen LogP contribution in [0, 0.1) is 5.92 Å². The van der Waals surface area contributed by atoms with Crippen molar-refractivity contribution in [2.24, 2.45) is 5.92 Å². The molecular formula is C19H30O. The van der Waals surface area contributed by atoms with Crippen molar-refractivity contribution in [2.75, 3.05) is 0 Å². The first-order valence-corrected chi connectivity index (χ1v) is 7.53. The van der Waals surface area contributed by atoms with E-state index in [0.29, 0.717) is 5.92 Å². The van der Waals surface area contributed by atoms with Crippen LogP contribution in [-0.4, -0.2) is 0 Å². The fourth-order valence-electron chi connectivity index (χ4n) is 1.73. The van der Waals surface area contributed by atoms with Gasteiger partial charge in [-0.2, -0.15) is 0 Å². The van der Waals surface area contributed by atoms with Crippen molar-refractivity contribution in [1.82, 2.24) is 0 Å². The average Bonchev–Trinajstić information content (AvgIpc) is 2.35. The summed E-state index contributed by atoms with van der Waals surface area (Å²) in [6.45, 7) is 14.6. The molecule has 0 radical (unpaired) electrons. The van der Waals surface area contributed by atoms with Gasteiger partial charge in [-0.25, -0.2) is 0 Å². The smallest absolute Gasteiger partial charge is 0.122 e. The van der Waals surface area contributed by atoms with Gasteiger partial charge in [0, 0.05) is 0 Å². The minimum absolute atomic E-state index is 0.645. The lowest BCUT2D eigenvalue weighted by Gasteiger charge is -2.06. The number of unbranched alkanes of at least 4 members (excludes halogenated alkanes) is 1. The van der Waals surface area contributed by atoms with Crippen molar-refractivity contribution in [3.8, 4) is 0 Å². The third-order valence-electron chi connectivity index (χ3n) is 2.58. The summed E-state index contributed by atoms with van der Waals surface area (Å²) in [5, 5.41) is 0. The standard InChI is InChI=1S/C19H30O/c1-7-9-14-19(11-8-2)20-18(6)13-10-12-17(5)15-16(3)4/h8,10-14,16H,5,7,9,15H2,1-4,6H3/b11-8-,12-10-,18-13+,19-14+. The molecule has 112 valence electrons. The van der Waals surface area contributed by atoms with Crippen LogP contribution in [0.1, 0.15) is 53.9 Å². The Morgan fingerprint density at radius 2 is 1.95 bits per heavy atom. The molecule has 0 bridgehead atoms. The summed E-state index contributed by atoms with van der Waals surface area (Å²) in [5.74, 6) is 2.45. The number of ether oxygens (including phenoxy) is 1. The van der Waals surface area contributed by atoms with E-state index in [1.54, 1.807) is 0 Å². The molecule has 0 aromatic carbocycles. The van der Waals surface area contributed by atoms with Crippen LogP contribution in [-0.2, 0) is 4.74 Å². The first-order valence-electron chi connectivity index (χ1n) is 7.53. The van der Waals surface area contributed by atoms with Gasteiger partial charge in [-0.1, -0.05) is 57.6 Å². The molecule has 0 rings (SSSR count). The van der Waals surface area contributed by atoms with Crippen LogP contribution in [0.2, 0.25) is 0 Å². The van der Waals surface area contributed by atoms with Gasteiger partial charge < -0.3 is 4.74 Å². The molecule has 0 saturated carbocycles. The second kappa shape index (κ2) is 11.3. The molecule has 0 heterocycles. The third kappa shape index (κ3) is 10.4. The number of rotatable bonds is 9. The molecule has 0 saturated heterocycles. The van der Waals surface area contributed by atoms with Gasteiger partial charge in [0.2, 0.25) is 0 Å². The quantitative estimate of drug-likeness (QED) is 0.353. The van der Waals surface area contributed by atoms with Gasteiger partial charge in [0.25, 0.3) is 0 Å². The summed E-state index contributed by atoms with van der Waals surface area (Å²) < 4.78 is 5.81. The lowest BCUT2D eigenvalue weighted by atomic mass is 10.0. The van der Waals surface area contributed by atoms with E-state index < -0.39 is 0 Å². The molecule has 0 amide bonds. The Balaban J connectivity index is 4.49. The zero-order valence-electron chi connectivity index (χ0n) is 13.8. The van der Waals surface area contributed by atoms with Crippen molar-refractivity contribution >= 4 is 0 Å². The van der Waals surface area contributed by atoms with E-state index >= 15 is 0 Å². The van der Waals surface area contributed by atoms with E-state index in [2.05, 4.69) is 39.5 Å². The molecule has 0 aliphatic rings. The molecule has 0 spiro atoms. The highest BCUT2D eigenvalue weighted by molar-refractivity contribution is 5.21. The molecule has 0 unspecified atom stereocenters. The van der Waals surface area contributed by atoms with Crippen LogP contribution < -0.4 is 0 Å². The van der Waals surface area contributed by atoms with Crippen molar-refractivity contribution in [3.63, 3.8) is 0 Å². The summed E-state index contributed by atoms with van der Waals surface area (Å²) in [5.41, 5.74) is 1.15. The molecular weight excluding hydrogens is 244 g/mol. The van der Waals surface area contributed by atoms with Crippen molar-refractivity contribution in [1.29, 1.82) is 0 Å². The lowest BCUT2D eigenvalue weighted by Crippen LogP contribution is -1.88. The molecule has 1 heteroatoms. The van der Waals surface area contributed by atoms with Gasteiger partial charge in [-0.15, -0.1) is 0 Å². The zero-order valence-corrected chi connectivity index (χ0v) is 13.8. The number of hydrogen-bond donors (Lipinski definition) is 0. The Morgan fingerprint density at radius 3 is 2.50 bits per heavy atom. The third-order valence-corrected chi connectivity index (χ3v) is 2.58. The number of hydrogen-bond acceptors (Lipinski definition) is 1. The van der Waals surface area contributed by atoms with E-state index in [4.69, 9.17) is 4.74 Å². The summed E-state index contributed by atoms with van der Waals surface area (Å²) in [6.07, 6.45) is 15.3. The normalized spacial score (nSPS) is 13.7. The fraction of sp³-hybridized carbons (Fsp3) is 0.474. The molecule has 0 N–H and O–H groups in total. The fourth-order valence-corrected chi connectivity index (χ4v) is 1.73. The average molecular weight is 274 g/mol. The topological polar surface area (TPSA) is 9.23 Å². The predicted molar refractivity (Wildman–Crippen MR) is 90.4 cm³/mol. The van der Waals surface area contributed by atoms with Crippen molar-refractivity contribution in [3.05, 3.63) is 60.1 Å². The summed E-state index contributed by atoms with van der Waals surface area (Å²) >= 11 is 0. The zero-order chi connectivity index (χ0) is 15.4. The Kier molecular flexibility index (Phi) is 10.5. The Hall–Kier alpha value is -1.50. The van der Waals surface area contributed by atoms with Crippen molar-refractivity contribution in [2.45, 2.75) is 53.9 Å². The van der Waals surface area contributed by atoms with E-state index in [-0.39, 0.29) is 0 Å². The predicted octanol–water partition coefficient (Wildman–Crippen LogP) is 6.33. The van der Waals surface area contributed by atoms with Gasteiger partial charge in [0.05, 0.1) is 0 Å². The summed E-state index contributed by atoms with van der Waals surface area (Å²) in [6, 6.07) is 0.